The van der Waals surface area contributed by atoms with Crippen molar-refractivity contribution in [1.29, 1.82) is 0 Å². The van der Waals surface area contributed by atoms with Gasteiger partial charge in [0.1, 0.15) is 11.5 Å². The van der Waals surface area contributed by atoms with Crippen molar-refractivity contribution >= 4 is 11.4 Å². The lowest BCUT2D eigenvalue weighted by Gasteiger charge is -2.09. The van der Waals surface area contributed by atoms with Gasteiger partial charge in [-0.1, -0.05) is 12.1 Å². The lowest BCUT2D eigenvalue weighted by Crippen LogP contribution is -2.06. The predicted molar refractivity (Wildman–Crippen MR) is 64.7 cm³/mol. The molecule has 6 heteroatoms. The lowest BCUT2D eigenvalue weighted by atomic mass is 10.2. The van der Waals surface area contributed by atoms with Crippen molar-refractivity contribution in [3.05, 3.63) is 59.4 Å². The Balaban J connectivity index is 2.21. The van der Waals surface area contributed by atoms with Gasteiger partial charge in [0.05, 0.1) is 0 Å². The Labute approximate surface area is 107 Å². The molecule has 0 heterocycles. The van der Waals surface area contributed by atoms with Crippen LogP contribution in [0.1, 0.15) is 5.56 Å². The first-order valence-corrected chi connectivity index (χ1v) is 5.47. The van der Waals surface area contributed by atoms with Crippen LogP contribution in [-0.4, -0.2) is 5.21 Å². The first-order chi connectivity index (χ1) is 9.10. The fourth-order valence-corrected chi connectivity index (χ4v) is 1.60. The van der Waals surface area contributed by atoms with Crippen LogP contribution in [0, 0.1) is 17.5 Å². The Bertz CT molecular complexity index is 550. The Morgan fingerprint density at radius 3 is 2.05 bits per heavy atom. The Morgan fingerprint density at radius 1 is 0.947 bits per heavy atom. The van der Waals surface area contributed by atoms with E-state index >= 15 is 0 Å². The molecule has 0 aliphatic rings. The summed E-state index contributed by atoms with van der Waals surface area (Å²) >= 11 is 0. The number of benzene rings is 2. The van der Waals surface area contributed by atoms with E-state index in [4.69, 9.17) is 5.21 Å². The number of rotatable bonds is 4. The van der Waals surface area contributed by atoms with Crippen LogP contribution in [0.2, 0.25) is 0 Å². The molecule has 2 aromatic rings. The minimum atomic E-state index is -1.00. The predicted octanol–water partition coefficient (Wildman–Crippen LogP) is 3.33. The third-order valence-corrected chi connectivity index (χ3v) is 2.51. The summed E-state index contributed by atoms with van der Waals surface area (Å²) in [5.41, 5.74) is 2.84. The summed E-state index contributed by atoms with van der Waals surface area (Å²) < 4.78 is 39.6. The maximum Gasteiger partial charge on any atom is 0.152 e. The molecule has 3 nitrogen and oxygen atoms in total. The third-order valence-electron chi connectivity index (χ3n) is 2.51. The van der Waals surface area contributed by atoms with E-state index in [0.29, 0.717) is 17.8 Å². The number of hydrogen-bond acceptors (Lipinski definition) is 3. The molecule has 0 spiro atoms. The molecule has 0 aliphatic carbocycles. The molecule has 0 bridgehead atoms. The number of anilines is 2. The van der Waals surface area contributed by atoms with E-state index in [1.807, 2.05) is 5.48 Å². The molecule has 0 amide bonds. The van der Waals surface area contributed by atoms with Crippen molar-refractivity contribution in [2.24, 2.45) is 0 Å². The van der Waals surface area contributed by atoms with Gasteiger partial charge >= 0.3 is 0 Å². The fraction of sp³-hybridized carbons (Fsp3) is 0.0769. The largest absolute Gasteiger partial charge is 0.351 e. The first kappa shape index (κ1) is 13.4. The number of hydrogen-bond donors (Lipinski definition) is 3. The van der Waals surface area contributed by atoms with Gasteiger partial charge in [-0.25, -0.2) is 18.7 Å². The minimum Gasteiger partial charge on any atom is -0.351 e. The van der Waals surface area contributed by atoms with Crippen LogP contribution in [0.5, 0.6) is 0 Å². The second-order valence-corrected chi connectivity index (χ2v) is 3.90. The summed E-state index contributed by atoms with van der Waals surface area (Å²) in [4.78, 5) is 0. The highest BCUT2D eigenvalue weighted by atomic mass is 19.1. The van der Waals surface area contributed by atoms with Gasteiger partial charge in [-0.15, -0.1) is 0 Å². The monoisotopic (exact) mass is 268 g/mol. The molecule has 100 valence electrons. The SMILES string of the molecule is ONCc1ccc(Nc2c(F)cc(F)cc2F)cc1. The van der Waals surface area contributed by atoms with Crippen molar-refractivity contribution in [3.63, 3.8) is 0 Å². The van der Waals surface area contributed by atoms with E-state index in [1.165, 1.54) is 0 Å². The molecule has 19 heavy (non-hydrogen) atoms. The van der Waals surface area contributed by atoms with Gasteiger partial charge in [0.2, 0.25) is 0 Å². The standard InChI is InChI=1S/C13H11F3N2O/c14-9-5-11(15)13(12(16)6-9)18-10-3-1-8(2-4-10)7-17-19/h1-6,17-19H,7H2. The molecule has 3 N–H and O–H groups in total. The van der Waals surface area contributed by atoms with Crippen molar-refractivity contribution in [1.82, 2.24) is 5.48 Å². The van der Waals surface area contributed by atoms with Gasteiger partial charge in [0.15, 0.2) is 11.6 Å². The van der Waals surface area contributed by atoms with Crippen LogP contribution in [0.4, 0.5) is 24.5 Å². The average molecular weight is 268 g/mol. The van der Waals surface area contributed by atoms with Gasteiger partial charge in [-0.05, 0) is 17.7 Å². The molecular formula is C13H11F3N2O. The molecule has 0 fully saturated rings. The summed E-state index contributed by atoms with van der Waals surface area (Å²) in [6, 6.07) is 7.74. The van der Waals surface area contributed by atoms with Gasteiger partial charge < -0.3 is 10.5 Å². The van der Waals surface area contributed by atoms with Crippen LogP contribution in [0.25, 0.3) is 0 Å². The molecule has 0 aromatic heterocycles. The Hall–Kier alpha value is -2.05. The van der Waals surface area contributed by atoms with Gasteiger partial charge in [-0.3, -0.25) is 0 Å². The van der Waals surface area contributed by atoms with E-state index < -0.39 is 23.1 Å². The van der Waals surface area contributed by atoms with E-state index in [0.717, 1.165) is 5.56 Å². The quantitative estimate of drug-likeness (QED) is 0.745. The minimum absolute atomic E-state index is 0.263. The van der Waals surface area contributed by atoms with Crippen LogP contribution in [0.15, 0.2) is 36.4 Å². The van der Waals surface area contributed by atoms with Crippen LogP contribution >= 0.6 is 0 Å². The summed E-state index contributed by atoms with van der Waals surface area (Å²) in [6.45, 7) is 0.263. The van der Waals surface area contributed by atoms with Crippen molar-refractivity contribution in [2.75, 3.05) is 5.32 Å². The topological polar surface area (TPSA) is 44.3 Å². The molecule has 0 unspecified atom stereocenters. The van der Waals surface area contributed by atoms with Crippen LogP contribution in [0.3, 0.4) is 0 Å². The summed E-state index contributed by atoms with van der Waals surface area (Å²) in [5, 5.41) is 11.1. The zero-order valence-electron chi connectivity index (χ0n) is 9.75. The van der Waals surface area contributed by atoms with Gasteiger partial charge in [-0.2, -0.15) is 0 Å². The normalized spacial score (nSPS) is 10.5. The molecular weight excluding hydrogens is 257 g/mol. The number of halogens is 3. The van der Waals surface area contributed by atoms with E-state index in [-0.39, 0.29) is 6.54 Å². The zero-order valence-corrected chi connectivity index (χ0v) is 9.75. The highest BCUT2D eigenvalue weighted by Gasteiger charge is 2.11. The van der Waals surface area contributed by atoms with Crippen molar-refractivity contribution in [3.8, 4) is 0 Å². The molecule has 0 saturated heterocycles. The van der Waals surface area contributed by atoms with Gasteiger partial charge in [0.25, 0.3) is 0 Å². The van der Waals surface area contributed by atoms with E-state index in [2.05, 4.69) is 5.32 Å². The first-order valence-electron chi connectivity index (χ1n) is 5.47. The number of nitrogens with one attached hydrogen (secondary N) is 2. The van der Waals surface area contributed by atoms with Crippen LogP contribution < -0.4 is 10.8 Å². The highest BCUT2D eigenvalue weighted by molar-refractivity contribution is 5.61. The molecule has 2 aromatic carbocycles. The summed E-state index contributed by atoms with van der Waals surface area (Å²) in [6.07, 6.45) is 0. The molecule has 0 radical (unpaired) electrons. The molecule has 0 atom stereocenters. The zero-order chi connectivity index (χ0) is 13.8. The number of hydroxylamine groups is 1. The maximum atomic E-state index is 13.4. The fourth-order valence-electron chi connectivity index (χ4n) is 1.60. The Morgan fingerprint density at radius 2 is 1.53 bits per heavy atom. The lowest BCUT2D eigenvalue weighted by molar-refractivity contribution is 0.161. The van der Waals surface area contributed by atoms with Gasteiger partial charge in [0, 0.05) is 24.4 Å². The second-order valence-electron chi connectivity index (χ2n) is 3.90. The molecule has 0 saturated carbocycles. The van der Waals surface area contributed by atoms with Crippen LogP contribution in [-0.2, 0) is 6.54 Å². The average Bonchev–Trinajstić information content (AvgIpc) is 2.36. The second kappa shape index (κ2) is 5.73. The summed E-state index contributed by atoms with van der Waals surface area (Å²) in [5.74, 6) is -2.97. The van der Waals surface area contributed by atoms with Crippen molar-refractivity contribution in [2.45, 2.75) is 6.54 Å². The third kappa shape index (κ3) is 3.24. The molecule has 0 aliphatic heterocycles. The maximum absolute atomic E-state index is 13.4. The molecule has 2 rings (SSSR count). The van der Waals surface area contributed by atoms with E-state index in [9.17, 15) is 13.2 Å². The van der Waals surface area contributed by atoms with Crippen molar-refractivity contribution < 1.29 is 18.4 Å². The summed E-state index contributed by atoms with van der Waals surface area (Å²) in [7, 11) is 0. The highest BCUT2D eigenvalue weighted by Crippen LogP contribution is 2.24. The van der Waals surface area contributed by atoms with E-state index in [1.54, 1.807) is 24.3 Å². The smallest absolute Gasteiger partial charge is 0.152 e. The Kier molecular flexibility index (Phi) is 4.03.